The second-order valence-electron chi connectivity index (χ2n) is 7.03. The summed E-state index contributed by atoms with van der Waals surface area (Å²) < 4.78 is 0. The highest BCUT2D eigenvalue weighted by molar-refractivity contribution is 6.30. The van der Waals surface area contributed by atoms with Gasteiger partial charge in [-0.05, 0) is 39.0 Å². The first kappa shape index (κ1) is 20.5. The van der Waals surface area contributed by atoms with Crippen molar-refractivity contribution in [3.8, 4) is 0 Å². The number of halogens is 1. The number of benzene rings is 1. The predicted octanol–water partition coefficient (Wildman–Crippen LogP) is 0.418. The molecule has 6 nitrogen and oxygen atoms in total. The molecule has 1 fully saturated rings. The van der Waals surface area contributed by atoms with Crippen LogP contribution in [0, 0.1) is 0 Å². The molecule has 1 aliphatic rings. The summed E-state index contributed by atoms with van der Waals surface area (Å²) in [5.74, 6) is 0.111. The van der Waals surface area contributed by atoms with Crippen LogP contribution in [0.4, 0.5) is 5.69 Å². The molecule has 1 heterocycles. The van der Waals surface area contributed by atoms with Gasteiger partial charge in [-0.25, -0.2) is 0 Å². The van der Waals surface area contributed by atoms with E-state index in [1.54, 1.807) is 0 Å². The molecule has 1 aromatic carbocycles. The number of amides is 2. The third-order valence-electron chi connectivity index (χ3n) is 4.57. The van der Waals surface area contributed by atoms with Crippen LogP contribution in [0.5, 0.6) is 0 Å². The summed E-state index contributed by atoms with van der Waals surface area (Å²) in [5, 5.41) is 3.61. The van der Waals surface area contributed by atoms with E-state index in [-0.39, 0.29) is 17.9 Å². The normalized spacial score (nSPS) is 15.9. The molecule has 1 unspecified atom stereocenters. The van der Waals surface area contributed by atoms with Crippen LogP contribution in [0.3, 0.4) is 0 Å². The van der Waals surface area contributed by atoms with E-state index in [1.807, 2.05) is 49.9 Å². The monoisotopic (exact) mass is 381 g/mol. The first-order chi connectivity index (χ1) is 12.4. The zero-order valence-electron chi connectivity index (χ0n) is 15.9. The molecule has 7 heteroatoms. The average Bonchev–Trinajstić information content (AvgIpc) is 2.60. The number of hydrogen-bond acceptors (Lipinski definition) is 3. The SMILES string of the molecule is CC[NH+](CC(=O)NC(C)C)CC(=O)N1CCN(c2cccc(Cl)c2)CC1. The molecule has 2 rings (SSSR count). The Morgan fingerprint density at radius 2 is 1.88 bits per heavy atom. The quantitative estimate of drug-likeness (QED) is 0.719. The molecular weight excluding hydrogens is 352 g/mol. The number of piperazine rings is 1. The summed E-state index contributed by atoms with van der Waals surface area (Å²) in [5.41, 5.74) is 1.09. The molecular formula is C19H30ClN4O2+. The summed E-state index contributed by atoms with van der Waals surface area (Å²) >= 11 is 6.06. The van der Waals surface area contributed by atoms with Gasteiger partial charge in [0.15, 0.2) is 13.1 Å². The van der Waals surface area contributed by atoms with E-state index in [1.165, 1.54) is 0 Å². The maximum absolute atomic E-state index is 12.6. The molecule has 0 aromatic heterocycles. The zero-order valence-corrected chi connectivity index (χ0v) is 16.7. The number of hydrogen-bond donors (Lipinski definition) is 2. The summed E-state index contributed by atoms with van der Waals surface area (Å²) in [6.07, 6.45) is 0. The van der Waals surface area contributed by atoms with Crippen molar-refractivity contribution in [1.82, 2.24) is 10.2 Å². The van der Waals surface area contributed by atoms with E-state index in [4.69, 9.17) is 11.6 Å². The van der Waals surface area contributed by atoms with Gasteiger partial charge < -0.3 is 20.0 Å². The predicted molar refractivity (Wildman–Crippen MR) is 105 cm³/mol. The Hall–Kier alpha value is -1.79. The molecule has 0 bridgehead atoms. The van der Waals surface area contributed by atoms with Gasteiger partial charge in [0.1, 0.15) is 0 Å². The van der Waals surface area contributed by atoms with Gasteiger partial charge in [-0.1, -0.05) is 17.7 Å². The van der Waals surface area contributed by atoms with Crippen LogP contribution >= 0.6 is 11.6 Å². The molecule has 0 saturated carbocycles. The number of carbonyl (C=O) groups is 2. The Labute approximate surface area is 161 Å². The lowest BCUT2D eigenvalue weighted by atomic mass is 10.2. The van der Waals surface area contributed by atoms with E-state index < -0.39 is 0 Å². The van der Waals surface area contributed by atoms with Crippen molar-refractivity contribution in [3.05, 3.63) is 29.3 Å². The van der Waals surface area contributed by atoms with Crippen LogP contribution in [0.15, 0.2) is 24.3 Å². The molecule has 26 heavy (non-hydrogen) atoms. The van der Waals surface area contributed by atoms with Crippen LogP contribution in [-0.4, -0.2) is 68.6 Å². The number of quaternary nitrogens is 1. The summed E-state index contributed by atoms with van der Waals surface area (Å²) in [6.45, 7) is 10.3. The maximum atomic E-state index is 12.6. The maximum Gasteiger partial charge on any atom is 0.277 e. The van der Waals surface area contributed by atoms with Crippen molar-refractivity contribution in [2.24, 2.45) is 0 Å². The van der Waals surface area contributed by atoms with E-state index in [0.29, 0.717) is 26.2 Å². The standard InChI is InChI=1S/C19H29ClN4O2/c1-4-22(13-18(25)21-15(2)3)14-19(26)24-10-8-23(9-11-24)17-7-5-6-16(20)12-17/h5-7,12,15H,4,8-11,13-14H2,1-3H3,(H,21,25)/p+1. The number of likely N-dealkylation sites (N-methyl/N-ethyl adjacent to an activating group) is 1. The van der Waals surface area contributed by atoms with Crippen LogP contribution in [0.2, 0.25) is 5.02 Å². The van der Waals surface area contributed by atoms with Crippen molar-refractivity contribution in [2.45, 2.75) is 26.8 Å². The Morgan fingerprint density at radius 3 is 2.46 bits per heavy atom. The Bertz CT molecular complexity index is 615. The van der Waals surface area contributed by atoms with Crippen molar-refractivity contribution in [3.63, 3.8) is 0 Å². The lowest BCUT2D eigenvalue weighted by molar-refractivity contribution is -0.882. The van der Waals surface area contributed by atoms with Gasteiger partial charge in [0.2, 0.25) is 0 Å². The largest absolute Gasteiger partial charge is 0.368 e. The van der Waals surface area contributed by atoms with E-state index in [0.717, 1.165) is 35.2 Å². The highest BCUT2D eigenvalue weighted by atomic mass is 35.5. The Kier molecular flexibility index (Phi) is 7.72. The number of carbonyl (C=O) groups excluding carboxylic acids is 2. The van der Waals surface area contributed by atoms with Crippen molar-refractivity contribution >= 4 is 29.1 Å². The van der Waals surface area contributed by atoms with Gasteiger partial charge in [-0.15, -0.1) is 0 Å². The molecule has 1 aromatic rings. The van der Waals surface area contributed by atoms with Gasteiger partial charge >= 0.3 is 0 Å². The molecule has 2 N–H and O–H groups in total. The average molecular weight is 382 g/mol. The van der Waals surface area contributed by atoms with Crippen LogP contribution < -0.4 is 15.1 Å². The first-order valence-electron chi connectivity index (χ1n) is 9.30. The van der Waals surface area contributed by atoms with E-state index in [2.05, 4.69) is 10.2 Å². The molecule has 1 atom stereocenters. The Balaban J connectivity index is 1.82. The van der Waals surface area contributed by atoms with Gasteiger partial charge in [0, 0.05) is 42.9 Å². The topological polar surface area (TPSA) is 57.1 Å². The summed E-state index contributed by atoms with van der Waals surface area (Å²) in [4.78, 5) is 29.7. The van der Waals surface area contributed by atoms with Crippen molar-refractivity contribution < 1.29 is 14.5 Å². The third kappa shape index (κ3) is 6.18. The van der Waals surface area contributed by atoms with Crippen LogP contribution in [-0.2, 0) is 9.59 Å². The number of nitrogens with one attached hydrogen (secondary N) is 2. The fourth-order valence-corrected chi connectivity index (χ4v) is 3.31. The smallest absolute Gasteiger partial charge is 0.277 e. The van der Waals surface area contributed by atoms with E-state index in [9.17, 15) is 9.59 Å². The van der Waals surface area contributed by atoms with Crippen LogP contribution in [0.1, 0.15) is 20.8 Å². The minimum absolute atomic E-state index is 0.00424. The lowest BCUT2D eigenvalue weighted by Gasteiger charge is -2.36. The molecule has 2 amide bonds. The molecule has 1 aliphatic heterocycles. The van der Waals surface area contributed by atoms with Crippen molar-refractivity contribution in [2.75, 3.05) is 50.7 Å². The number of rotatable bonds is 7. The second kappa shape index (κ2) is 9.78. The van der Waals surface area contributed by atoms with Gasteiger partial charge in [-0.2, -0.15) is 0 Å². The fraction of sp³-hybridized carbons (Fsp3) is 0.579. The first-order valence-corrected chi connectivity index (χ1v) is 9.68. The molecule has 0 aliphatic carbocycles. The zero-order chi connectivity index (χ0) is 19.1. The van der Waals surface area contributed by atoms with Crippen molar-refractivity contribution in [1.29, 1.82) is 0 Å². The third-order valence-corrected chi connectivity index (χ3v) is 4.80. The lowest BCUT2D eigenvalue weighted by Crippen LogP contribution is -3.14. The van der Waals surface area contributed by atoms with E-state index >= 15 is 0 Å². The van der Waals surface area contributed by atoms with Gasteiger partial charge in [0.25, 0.3) is 11.8 Å². The fourth-order valence-electron chi connectivity index (χ4n) is 3.13. The van der Waals surface area contributed by atoms with Gasteiger partial charge in [-0.3, -0.25) is 9.59 Å². The number of anilines is 1. The summed E-state index contributed by atoms with van der Waals surface area (Å²) in [6, 6.07) is 7.92. The molecule has 1 saturated heterocycles. The highest BCUT2D eigenvalue weighted by Crippen LogP contribution is 2.20. The Morgan fingerprint density at radius 1 is 1.19 bits per heavy atom. The second-order valence-corrected chi connectivity index (χ2v) is 7.46. The molecule has 0 spiro atoms. The highest BCUT2D eigenvalue weighted by Gasteiger charge is 2.25. The molecule has 0 radical (unpaired) electrons. The molecule has 144 valence electrons. The van der Waals surface area contributed by atoms with Crippen LogP contribution in [0.25, 0.3) is 0 Å². The number of nitrogens with zero attached hydrogens (tertiary/aromatic N) is 2. The van der Waals surface area contributed by atoms with Gasteiger partial charge in [0.05, 0.1) is 6.54 Å². The summed E-state index contributed by atoms with van der Waals surface area (Å²) in [7, 11) is 0. The minimum atomic E-state index is -0.00424. The minimum Gasteiger partial charge on any atom is -0.368 e.